The first-order valence-corrected chi connectivity index (χ1v) is 8.05. The molecule has 0 saturated heterocycles. The maximum Gasteiger partial charge on any atom is 0.129 e. The zero-order chi connectivity index (χ0) is 12.6. The van der Waals surface area contributed by atoms with Crippen molar-refractivity contribution in [1.82, 2.24) is 0 Å². The molecule has 0 aliphatic heterocycles. The van der Waals surface area contributed by atoms with Crippen molar-refractivity contribution in [2.45, 2.75) is 32.6 Å². The van der Waals surface area contributed by atoms with Gasteiger partial charge in [0.2, 0.25) is 0 Å². The number of nitrogens with one attached hydrogen (secondary N) is 1. The normalized spacial score (nSPS) is 9.38. The van der Waals surface area contributed by atoms with Gasteiger partial charge in [-0.25, -0.2) is 2.51 Å². The predicted molar refractivity (Wildman–Crippen MR) is 85.3 cm³/mol. The highest BCUT2D eigenvalue weighted by Crippen LogP contribution is 2.35. The van der Waals surface area contributed by atoms with Crippen LogP contribution in [0.15, 0.2) is 17.0 Å². The van der Waals surface area contributed by atoms with Gasteiger partial charge in [0, 0.05) is 4.90 Å². The van der Waals surface area contributed by atoms with Gasteiger partial charge < -0.3 is 4.72 Å². The minimum atomic E-state index is 1.01. The molecule has 16 heavy (non-hydrogen) atoms. The van der Waals surface area contributed by atoms with Crippen molar-refractivity contribution in [1.29, 1.82) is 0 Å². The van der Waals surface area contributed by atoms with E-state index >= 15 is 0 Å². The molecule has 0 spiro atoms. The Hall–Kier alpha value is 0.700. The first kappa shape index (κ1) is 16.7. The molecule has 0 saturated carbocycles. The minimum absolute atomic E-state index is 1.01. The van der Waals surface area contributed by atoms with Gasteiger partial charge in [-0.3, -0.25) is 0 Å². The number of benzene rings is 1. The first-order chi connectivity index (χ1) is 7.69. The summed E-state index contributed by atoms with van der Waals surface area (Å²) >= 11 is 2.99. The van der Waals surface area contributed by atoms with Gasteiger partial charge in [0.15, 0.2) is 0 Å². The number of hydrogen-bond donors (Lipinski definition) is 1. The molecule has 0 aromatic heterocycles. The number of aryl methyl sites for hydroxylation is 2. The summed E-state index contributed by atoms with van der Waals surface area (Å²) in [4.78, 5) is 1.02. The second-order valence-electron chi connectivity index (χ2n) is 2.78. The summed E-state index contributed by atoms with van der Waals surface area (Å²) < 4.78 is 7.94. The van der Waals surface area contributed by atoms with E-state index in [2.05, 4.69) is 17.7 Å². The van der Waals surface area contributed by atoms with E-state index in [0.29, 0.717) is 0 Å². The Labute approximate surface area is 125 Å². The third-order valence-electron chi connectivity index (χ3n) is 1.70. The molecule has 2 nitrogen and oxygen atoms in total. The third-order valence-corrected chi connectivity index (χ3v) is 3.58. The Morgan fingerprint density at radius 1 is 1.31 bits per heavy atom. The smallest absolute Gasteiger partial charge is 0.129 e. The summed E-state index contributed by atoms with van der Waals surface area (Å²) in [6, 6.07) is 4.15. The fraction of sp³-hybridized carbons (Fsp3) is 0.400. The van der Waals surface area contributed by atoms with Crippen LogP contribution >= 0.6 is 56.9 Å². The van der Waals surface area contributed by atoms with Crippen LogP contribution < -0.4 is 4.72 Å². The Kier molecular flexibility index (Phi) is 10.1. The SMILES string of the molecule is CC.Cc1cc(C)c(NSOI)c(SCl)c1. The number of anilines is 1. The van der Waals surface area contributed by atoms with Gasteiger partial charge >= 0.3 is 0 Å². The van der Waals surface area contributed by atoms with Crippen molar-refractivity contribution >= 4 is 62.6 Å². The Morgan fingerprint density at radius 2 is 1.94 bits per heavy atom. The average Bonchev–Trinajstić information content (AvgIpc) is 2.29. The molecule has 0 unspecified atom stereocenters. The van der Waals surface area contributed by atoms with Gasteiger partial charge in [-0.15, -0.1) is 0 Å². The van der Waals surface area contributed by atoms with Gasteiger partial charge in [0.05, 0.1) is 5.69 Å². The van der Waals surface area contributed by atoms with E-state index < -0.39 is 0 Å². The lowest BCUT2D eigenvalue weighted by Gasteiger charge is -2.11. The highest BCUT2D eigenvalue weighted by atomic mass is 127. The van der Waals surface area contributed by atoms with Crippen molar-refractivity contribution in [2.75, 3.05) is 4.72 Å². The van der Waals surface area contributed by atoms with Crippen LogP contribution in [-0.4, -0.2) is 0 Å². The van der Waals surface area contributed by atoms with Crippen molar-refractivity contribution in [3.05, 3.63) is 23.3 Å². The van der Waals surface area contributed by atoms with E-state index in [0.717, 1.165) is 16.1 Å². The highest BCUT2D eigenvalue weighted by Gasteiger charge is 2.07. The Bertz CT molecular complexity index is 326. The second-order valence-corrected chi connectivity index (χ2v) is 5.41. The summed E-state index contributed by atoms with van der Waals surface area (Å²) in [5.41, 5.74) is 3.38. The summed E-state index contributed by atoms with van der Waals surface area (Å²) in [5, 5.41) is 0. The Balaban J connectivity index is 0.00000106. The zero-order valence-electron chi connectivity index (χ0n) is 9.64. The molecule has 0 aliphatic carbocycles. The fourth-order valence-corrected chi connectivity index (χ4v) is 2.78. The van der Waals surface area contributed by atoms with Crippen LogP contribution in [0.4, 0.5) is 5.69 Å². The lowest BCUT2D eigenvalue weighted by Crippen LogP contribution is -1.92. The first-order valence-electron chi connectivity index (χ1n) is 4.79. The molecule has 6 heteroatoms. The van der Waals surface area contributed by atoms with Crippen LogP contribution in [0, 0.1) is 13.8 Å². The van der Waals surface area contributed by atoms with E-state index in [1.165, 1.54) is 28.8 Å². The maximum atomic E-state index is 5.78. The fourth-order valence-electron chi connectivity index (χ4n) is 1.18. The summed E-state index contributed by atoms with van der Waals surface area (Å²) in [5.74, 6) is 0. The maximum absolute atomic E-state index is 5.78. The van der Waals surface area contributed by atoms with Crippen LogP contribution in [0.3, 0.4) is 0 Å². The van der Waals surface area contributed by atoms with Crippen LogP contribution in [-0.2, 0) is 2.51 Å². The molecule has 1 rings (SSSR count). The molecule has 1 aromatic carbocycles. The molecular formula is C10H15ClINOS2. The van der Waals surface area contributed by atoms with Crippen molar-refractivity contribution in [3.8, 4) is 0 Å². The highest BCUT2D eigenvalue weighted by molar-refractivity contribution is 14.1. The van der Waals surface area contributed by atoms with E-state index in [1.807, 2.05) is 49.8 Å². The molecule has 0 atom stereocenters. The van der Waals surface area contributed by atoms with Crippen molar-refractivity contribution in [3.63, 3.8) is 0 Å². The molecule has 0 radical (unpaired) electrons. The molecule has 0 fully saturated rings. The lowest BCUT2D eigenvalue weighted by atomic mass is 10.1. The zero-order valence-corrected chi connectivity index (χ0v) is 14.2. The van der Waals surface area contributed by atoms with Gasteiger partial charge in [0.25, 0.3) is 0 Å². The van der Waals surface area contributed by atoms with E-state index in [1.54, 1.807) is 0 Å². The van der Waals surface area contributed by atoms with Gasteiger partial charge in [0.1, 0.15) is 35.2 Å². The molecule has 1 aromatic rings. The standard InChI is InChI=1S/C8H9ClINOS2.C2H6/c1-5-3-6(2)8(11-14-12-10)7(4-5)13-9;1-2/h3-4,11H,1-2H3;1-2H3. The van der Waals surface area contributed by atoms with E-state index in [4.69, 9.17) is 13.2 Å². The lowest BCUT2D eigenvalue weighted by molar-refractivity contribution is 0.847. The van der Waals surface area contributed by atoms with Gasteiger partial charge in [-0.05, 0) is 52.7 Å². The minimum Gasteiger partial charge on any atom is -0.305 e. The molecular weight excluding hydrogens is 377 g/mol. The topological polar surface area (TPSA) is 21.3 Å². The quantitative estimate of drug-likeness (QED) is 0.391. The Morgan fingerprint density at radius 3 is 2.44 bits per heavy atom. The van der Waals surface area contributed by atoms with Crippen LogP contribution in [0.25, 0.3) is 0 Å². The van der Waals surface area contributed by atoms with Crippen molar-refractivity contribution < 1.29 is 2.51 Å². The molecule has 0 amide bonds. The van der Waals surface area contributed by atoms with E-state index in [-0.39, 0.29) is 0 Å². The molecule has 92 valence electrons. The van der Waals surface area contributed by atoms with Crippen molar-refractivity contribution in [2.24, 2.45) is 0 Å². The molecule has 0 aliphatic rings. The molecule has 0 heterocycles. The van der Waals surface area contributed by atoms with E-state index in [9.17, 15) is 0 Å². The van der Waals surface area contributed by atoms with Crippen LogP contribution in [0.2, 0.25) is 0 Å². The summed E-state index contributed by atoms with van der Waals surface area (Å²) in [7, 11) is 6.99. The number of hydrogen-bond acceptors (Lipinski definition) is 4. The summed E-state index contributed by atoms with van der Waals surface area (Å²) in [6.45, 7) is 8.09. The summed E-state index contributed by atoms with van der Waals surface area (Å²) in [6.07, 6.45) is 0. The average molecular weight is 392 g/mol. The number of rotatable bonds is 4. The predicted octanol–water partition coefficient (Wildman–Crippen LogP) is 5.92. The second kappa shape index (κ2) is 9.70. The third kappa shape index (κ3) is 5.35. The monoisotopic (exact) mass is 391 g/mol. The largest absolute Gasteiger partial charge is 0.305 e. The van der Waals surface area contributed by atoms with Crippen LogP contribution in [0.5, 0.6) is 0 Å². The molecule has 1 N–H and O–H groups in total. The van der Waals surface area contributed by atoms with Gasteiger partial charge in [-0.2, -0.15) is 0 Å². The van der Waals surface area contributed by atoms with Crippen LogP contribution in [0.1, 0.15) is 25.0 Å². The number of halogens is 2. The van der Waals surface area contributed by atoms with Gasteiger partial charge in [-0.1, -0.05) is 19.9 Å². The molecule has 0 bridgehead atoms.